The number of carboxylic acid groups (broad SMARTS) is 1. The first-order chi connectivity index (χ1) is 15.4. The minimum atomic E-state index is -1.23. The molecule has 164 valence electrons. The van der Waals surface area contributed by atoms with Gasteiger partial charge in [0.25, 0.3) is 5.69 Å². The molecule has 0 unspecified atom stereocenters. The third kappa shape index (κ3) is 4.59. The van der Waals surface area contributed by atoms with Gasteiger partial charge in [0, 0.05) is 19.2 Å². The molecule has 8 nitrogen and oxygen atoms in total. The summed E-state index contributed by atoms with van der Waals surface area (Å²) in [6, 6.07) is 18.5. The number of carbonyl (C=O) groups is 2. The van der Waals surface area contributed by atoms with Gasteiger partial charge >= 0.3 is 11.9 Å². The van der Waals surface area contributed by atoms with Crippen molar-refractivity contribution in [2.75, 3.05) is 18.6 Å². The maximum Gasteiger partial charge on any atom is 0.338 e. The lowest BCUT2D eigenvalue weighted by Crippen LogP contribution is -2.25. The lowest BCUT2D eigenvalue weighted by molar-refractivity contribution is -0.384. The Morgan fingerprint density at radius 1 is 1.00 bits per heavy atom. The van der Waals surface area contributed by atoms with E-state index in [1.807, 2.05) is 43.3 Å². The molecule has 32 heavy (non-hydrogen) atoms. The number of carboxylic acids is 1. The Labute approximate surface area is 184 Å². The maximum absolute atomic E-state index is 12.1. The molecule has 0 bridgehead atoms. The van der Waals surface area contributed by atoms with Crippen LogP contribution in [0.15, 0.2) is 66.7 Å². The second-order valence-electron chi connectivity index (χ2n) is 6.98. The molecular weight excluding hydrogens is 412 g/mol. The molecule has 3 rings (SSSR count). The van der Waals surface area contributed by atoms with E-state index in [4.69, 9.17) is 4.74 Å². The Kier molecular flexibility index (Phi) is 6.84. The zero-order valence-electron chi connectivity index (χ0n) is 17.6. The second-order valence-corrected chi connectivity index (χ2v) is 6.98. The number of rotatable bonds is 8. The summed E-state index contributed by atoms with van der Waals surface area (Å²) in [5.74, 6) is -1.66. The number of anilines is 1. The van der Waals surface area contributed by atoms with Crippen LogP contribution in [-0.2, 0) is 11.3 Å². The van der Waals surface area contributed by atoms with Gasteiger partial charge < -0.3 is 14.7 Å². The molecule has 0 heterocycles. The first-order valence-electron chi connectivity index (χ1n) is 9.89. The smallest absolute Gasteiger partial charge is 0.338 e. The molecule has 0 radical (unpaired) electrons. The van der Waals surface area contributed by atoms with Gasteiger partial charge in [0.2, 0.25) is 0 Å². The molecule has 0 aliphatic heterocycles. The normalized spacial score (nSPS) is 10.4. The second kappa shape index (κ2) is 9.74. The van der Waals surface area contributed by atoms with Crippen LogP contribution in [0.3, 0.4) is 0 Å². The average molecular weight is 434 g/mol. The Balaban J connectivity index is 1.95. The van der Waals surface area contributed by atoms with E-state index in [0.29, 0.717) is 12.1 Å². The highest BCUT2D eigenvalue weighted by molar-refractivity contribution is 5.98. The Bertz CT molecular complexity index is 1130. The highest BCUT2D eigenvalue weighted by Crippen LogP contribution is 2.33. The number of hydrogen-bond donors (Lipinski definition) is 1. The molecule has 1 N–H and O–H groups in total. The summed E-state index contributed by atoms with van der Waals surface area (Å²) in [5, 5.41) is 21.1. The molecule has 0 saturated heterocycles. The van der Waals surface area contributed by atoms with Gasteiger partial charge in [-0.05, 0) is 35.7 Å². The van der Waals surface area contributed by atoms with E-state index in [1.165, 1.54) is 25.3 Å². The van der Waals surface area contributed by atoms with Crippen LogP contribution in [0, 0.1) is 10.1 Å². The summed E-state index contributed by atoms with van der Waals surface area (Å²) in [7, 11) is 1.33. The number of nitro groups is 1. The molecular formula is C24H22N2O6. The number of esters is 1. The summed E-state index contributed by atoms with van der Waals surface area (Å²) in [6.45, 7) is 2.46. The lowest BCUT2D eigenvalue weighted by Gasteiger charge is -2.24. The summed E-state index contributed by atoms with van der Waals surface area (Å²) in [5.41, 5.74) is 2.53. The van der Waals surface area contributed by atoms with Crippen LogP contribution in [0.1, 0.15) is 33.2 Å². The van der Waals surface area contributed by atoms with Gasteiger partial charge in [-0.1, -0.05) is 48.5 Å². The fourth-order valence-electron chi connectivity index (χ4n) is 3.57. The summed E-state index contributed by atoms with van der Waals surface area (Å²) >= 11 is 0. The van der Waals surface area contributed by atoms with Crippen LogP contribution in [0.2, 0.25) is 0 Å². The number of methoxy groups -OCH3 is 1. The number of carbonyl (C=O) groups excluding carboxylic acids is 1. The van der Waals surface area contributed by atoms with Crippen molar-refractivity contribution in [2.24, 2.45) is 0 Å². The number of para-hydroxylation sites is 1. The molecule has 3 aromatic carbocycles. The largest absolute Gasteiger partial charge is 0.478 e. The van der Waals surface area contributed by atoms with E-state index in [-0.39, 0.29) is 23.5 Å². The van der Waals surface area contributed by atoms with Crippen molar-refractivity contribution in [2.45, 2.75) is 13.5 Å². The molecule has 0 saturated carbocycles. The minimum absolute atomic E-state index is 0.0765. The summed E-state index contributed by atoms with van der Waals surface area (Å²) in [4.78, 5) is 36.4. The van der Waals surface area contributed by atoms with Crippen LogP contribution in [0.5, 0.6) is 0 Å². The Morgan fingerprint density at radius 2 is 1.66 bits per heavy atom. The first kappa shape index (κ1) is 22.5. The number of hydrogen-bond acceptors (Lipinski definition) is 6. The summed E-state index contributed by atoms with van der Waals surface area (Å²) in [6.07, 6.45) is 0. The maximum atomic E-state index is 12.1. The van der Waals surface area contributed by atoms with Gasteiger partial charge in [-0.2, -0.15) is 0 Å². The van der Waals surface area contributed by atoms with Gasteiger partial charge in [-0.25, -0.2) is 9.59 Å². The van der Waals surface area contributed by atoms with Crippen molar-refractivity contribution < 1.29 is 24.4 Å². The van der Waals surface area contributed by atoms with Crippen molar-refractivity contribution in [3.8, 4) is 11.1 Å². The Morgan fingerprint density at radius 3 is 2.25 bits per heavy atom. The van der Waals surface area contributed by atoms with E-state index in [2.05, 4.69) is 0 Å². The van der Waals surface area contributed by atoms with Crippen molar-refractivity contribution in [3.63, 3.8) is 0 Å². The highest BCUT2D eigenvalue weighted by Gasteiger charge is 2.25. The minimum Gasteiger partial charge on any atom is -0.478 e. The van der Waals surface area contributed by atoms with E-state index in [0.717, 1.165) is 16.7 Å². The van der Waals surface area contributed by atoms with Gasteiger partial charge in [0.15, 0.2) is 0 Å². The van der Waals surface area contributed by atoms with Crippen LogP contribution in [-0.4, -0.2) is 35.6 Å². The first-order valence-corrected chi connectivity index (χ1v) is 9.89. The third-order valence-electron chi connectivity index (χ3n) is 5.11. The highest BCUT2D eigenvalue weighted by atomic mass is 16.6. The molecule has 0 aliphatic carbocycles. The number of benzene rings is 3. The van der Waals surface area contributed by atoms with Gasteiger partial charge in [0.1, 0.15) is 5.69 Å². The van der Waals surface area contributed by atoms with E-state index in [1.54, 1.807) is 17.0 Å². The molecule has 3 aromatic rings. The van der Waals surface area contributed by atoms with E-state index < -0.39 is 16.9 Å². The molecule has 0 amide bonds. The number of ether oxygens (including phenoxy) is 1. The molecule has 0 aromatic heterocycles. The standard InChI is InChI=1S/C24H22N2O6/c1-3-25(22-20(23(27)28)9-6-10-21(22)26(30)31)15-16-11-13-17(14-12-16)18-7-4-5-8-19(18)24(29)32-2/h4-14H,3,15H2,1-2H3,(H,27,28). The van der Waals surface area contributed by atoms with Crippen molar-refractivity contribution >= 4 is 23.3 Å². The van der Waals surface area contributed by atoms with Crippen molar-refractivity contribution in [3.05, 3.63) is 93.5 Å². The Hall–Kier alpha value is -4.20. The van der Waals surface area contributed by atoms with Crippen molar-refractivity contribution in [1.82, 2.24) is 0 Å². The van der Waals surface area contributed by atoms with Crippen LogP contribution in [0.25, 0.3) is 11.1 Å². The predicted octanol–water partition coefficient (Wildman–Crippen LogP) is 4.77. The topological polar surface area (TPSA) is 110 Å². The lowest BCUT2D eigenvalue weighted by atomic mass is 9.98. The molecule has 8 heteroatoms. The van der Waals surface area contributed by atoms with Crippen LogP contribution < -0.4 is 4.90 Å². The zero-order valence-corrected chi connectivity index (χ0v) is 17.6. The van der Waals surface area contributed by atoms with E-state index in [9.17, 15) is 24.8 Å². The zero-order chi connectivity index (χ0) is 23.3. The van der Waals surface area contributed by atoms with Crippen LogP contribution in [0.4, 0.5) is 11.4 Å². The molecule has 0 aliphatic rings. The molecule has 0 fully saturated rings. The number of nitrogens with zero attached hydrogens (tertiary/aromatic N) is 2. The van der Waals surface area contributed by atoms with E-state index >= 15 is 0 Å². The quantitative estimate of drug-likeness (QED) is 0.309. The van der Waals surface area contributed by atoms with Crippen molar-refractivity contribution in [1.29, 1.82) is 0 Å². The molecule has 0 spiro atoms. The third-order valence-corrected chi connectivity index (χ3v) is 5.11. The fourth-order valence-corrected chi connectivity index (χ4v) is 3.57. The average Bonchev–Trinajstić information content (AvgIpc) is 2.81. The monoisotopic (exact) mass is 434 g/mol. The number of aromatic carboxylic acids is 1. The van der Waals surface area contributed by atoms with Crippen LogP contribution >= 0.6 is 0 Å². The summed E-state index contributed by atoms with van der Waals surface area (Å²) < 4.78 is 4.85. The SMILES string of the molecule is CCN(Cc1ccc(-c2ccccc2C(=O)OC)cc1)c1c(C(=O)O)cccc1[N+](=O)[O-]. The fraction of sp³-hybridized carbons (Fsp3) is 0.167. The van der Waals surface area contributed by atoms with Gasteiger partial charge in [-0.15, -0.1) is 0 Å². The predicted molar refractivity (Wildman–Crippen MR) is 120 cm³/mol. The number of nitro benzene ring substituents is 1. The molecule has 0 atom stereocenters. The van der Waals surface area contributed by atoms with Gasteiger partial charge in [0.05, 0.1) is 23.2 Å². The van der Waals surface area contributed by atoms with Gasteiger partial charge in [-0.3, -0.25) is 10.1 Å².